The van der Waals surface area contributed by atoms with Gasteiger partial charge in [0.1, 0.15) is 12.2 Å². The summed E-state index contributed by atoms with van der Waals surface area (Å²) in [5.41, 5.74) is 0.310. The van der Waals surface area contributed by atoms with E-state index in [-0.39, 0.29) is 44.8 Å². The summed E-state index contributed by atoms with van der Waals surface area (Å²) in [5, 5.41) is 0. The van der Waals surface area contributed by atoms with Crippen LogP contribution in [0.2, 0.25) is 0 Å². The number of rotatable bonds is 8. The summed E-state index contributed by atoms with van der Waals surface area (Å²) < 4.78 is 15.6. The first kappa shape index (κ1) is 19.1. The molecule has 0 saturated heterocycles. The van der Waals surface area contributed by atoms with E-state index in [1.165, 1.54) is 4.90 Å². The molecule has 0 aliphatic carbocycles. The zero-order valence-corrected chi connectivity index (χ0v) is 14.7. The van der Waals surface area contributed by atoms with Gasteiger partial charge in [-0.15, -0.1) is 0 Å². The molecule has 0 aromatic heterocycles. The second-order valence-electron chi connectivity index (χ2n) is 6.56. The molecule has 136 valence electrons. The van der Waals surface area contributed by atoms with E-state index in [0.29, 0.717) is 11.1 Å². The lowest BCUT2D eigenvalue weighted by atomic mass is 10.1. The molecule has 0 unspecified atom stereocenters. The summed E-state index contributed by atoms with van der Waals surface area (Å²) in [6, 6.07) is 6.74. The van der Waals surface area contributed by atoms with E-state index < -0.39 is 11.6 Å². The minimum atomic E-state index is -0.538. The van der Waals surface area contributed by atoms with Crippen LogP contribution in [-0.4, -0.2) is 61.3 Å². The van der Waals surface area contributed by atoms with Gasteiger partial charge in [0.2, 0.25) is 0 Å². The van der Waals surface area contributed by atoms with Gasteiger partial charge in [-0.05, 0) is 32.9 Å². The van der Waals surface area contributed by atoms with Crippen LogP contribution in [0.25, 0.3) is 0 Å². The van der Waals surface area contributed by atoms with Gasteiger partial charge >= 0.3 is 5.97 Å². The van der Waals surface area contributed by atoms with Crippen molar-refractivity contribution >= 4 is 17.8 Å². The van der Waals surface area contributed by atoms with Gasteiger partial charge < -0.3 is 14.2 Å². The minimum Gasteiger partial charge on any atom is -0.458 e. The maximum atomic E-state index is 12.1. The van der Waals surface area contributed by atoms with Crippen molar-refractivity contribution in [2.75, 3.05) is 33.0 Å². The van der Waals surface area contributed by atoms with Crippen molar-refractivity contribution in [2.45, 2.75) is 26.4 Å². The Labute approximate surface area is 146 Å². The number of ether oxygens (including phenoxy) is 3. The Morgan fingerprint density at radius 1 is 0.960 bits per heavy atom. The number of amides is 2. The van der Waals surface area contributed by atoms with E-state index in [1.54, 1.807) is 45.0 Å². The van der Waals surface area contributed by atoms with Crippen LogP contribution in [0.4, 0.5) is 0 Å². The molecule has 0 fully saturated rings. The average molecular weight is 349 g/mol. The molecule has 1 aromatic rings. The maximum Gasteiger partial charge on any atom is 0.332 e. The summed E-state index contributed by atoms with van der Waals surface area (Å²) in [7, 11) is 0. The van der Waals surface area contributed by atoms with Crippen molar-refractivity contribution in [1.29, 1.82) is 0 Å². The molecule has 2 amide bonds. The lowest BCUT2D eigenvalue weighted by Gasteiger charge is -2.19. The topological polar surface area (TPSA) is 82.1 Å². The van der Waals surface area contributed by atoms with E-state index in [9.17, 15) is 14.4 Å². The van der Waals surface area contributed by atoms with Gasteiger partial charge in [0.25, 0.3) is 11.8 Å². The highest BCUT2D eigenvalue weighted by molar-refractivity contribution is 6.21. The van der Waals surface area contributed by atoms with Crippen molar-refractivity contribution in [3.05, 3.63) is 35.4 Å². The number of hydrogen-bond acceptors (Lipinski definition) is 6. The Morgan fingerprint density at radius 2 is 1.52 bits per heavy atom. The van der Waals surface area contributed by atoms with Crippen LogP contribution in [0.3, 0.4) is 0 Å². The average Bonchev–Trinajstić information content (AvgIpc) is 2.77. The monoisotopic (exact) mass is 349 g/mol. The highest BCUT2D eigenvalue weighted by atomic mass is 16.6. The fourth-order valence-corrected chi connectivity index (χ4v) is 2.34. The van der Waals surface area contributed by atoms with Crippen LogP contribution < -0.4 is 0 Å². The SMILES string of the molecule is CC(C)(C)OC(=O)COCCOCCN1C(=O)c2ccccc2C1=O. The Morgan fingerprint density at radius 3 is 2.08 bits per heavy atom. The third kappa shape index (κ3) is 5.37. The third-order valence-corrected chi connectivity index (χ3v) is 3.35. The first-order valence-corrected chi connectivity index (χ1v) is 8.12. The van der Waals surface area contributed by atoms with Crippen LogP contribution in [0.15, 0.2) is 24.3 Å². The van der Waals surface area contributed by atoms with Gasteiger partial charge in [-0.3, -0.25) is 14.5 Å². The molecule has 0 spiro atoms. The first-order chi connectivity index (χ1) is 11.8. The molecule has 1 heterocycles. The lowest BCUT2D eigenvalue weighted by Crippen LogP contribution is -2.33. The van der Waals surface area contributed by atoms with E-state index in [2.05, 4.69) is 0 Å². The first-order valence-electron chi connectivity index (χ1n) is 8.12. The van der Waals surface area contributed by atoms with Crippen molar-refractivity contribution in [2.24, 2.45) is 0 Å². The highest BCUT2D eigenvalue weighted by Gasteiger charge is 2.34. The number of hydrogen-bond donors (Lipinski definition) is 0. The quantitative estimate of drug-likeness (QED) is 0.403. The smallest absolute Gasteiger partial charge is 0.332 e. The molecule has 0 atom stereocenters. The number of fused-ring (bicyclic) bond motifs is 1. The summed E-state index contributed by atoms with van der Waals surface area (Å²) >= 11 is 0. The number of esters is 1. The van der Waals surface area contributed by atoms with Crippen molar-refractivity contribution in [3.8, 4) is 0 Å². The molecule has 1 aliphatic heterocycles. The number of carbonyl (C=O) groups excluding carboxylic acids is 3. The molecule has 25 heavy (non-hydrogen) atoms. The van der Waals surface area contributed by atoms with Gasteiger partial charge in [0.15, 0.2) is 0 Å². The fraction of sp³-hybridized carbons (Fsp3) is 0.500. The molecule has 2 rings (SSSR count). The Balaban J connectivity index is 1.61. The summed E-state index contributed by atoms with van der Waals surface area (Å²) in [6.45, 7) is 6.08. The van der Waals surface area contributed by atoms with Crippen LogP contribution in [0.1, 0.15) is 41.5 Å². The molecule has 7 heteroatoms. The van der Waals surface area contributed by atoms with Gasteiger partial charge in [-0.2, -0.15) is 0 Å². The van der Waals surface area contributed by atoms with Crippen LogP contribution in [0.5, 0.6) is 0 Å². The predicted octanol–water partition coefficient (Wildman–Crippen LogP) is 1.66. The predicted molar refractivity (Wildman–Crippen MR) is 89.3 cm³/mol. The fourth-order valence-electron chi connectivity index (χ4n) is 2.34. The second-order valence-corrected chi connectivity index (χ2v) is 6.56. The van der Waals surface area contributed by atoms with Crippen molar-refractivity contribution in [3.63, 3.8) is 0 Å². The second kappa shape index (κ2) is 8.22. The molecular formula is C18H23NO6. The Bertz CT molecular complexity index is 614. The van der Waals surface area contributed by atoms with E-state index in [1.807, 2.05) is 0 Å². The van der Waals surface area contributed by atoms with Crippen molar-refractivity contribution < 1.29 is 28.6 Å². The molecule has 0 bridgehead atoms. The summed E-state index contributed by atoms with van der Waals surface area (Å²) in [5.74, 6) is -1.03. The number of nitrogens with zero attached hydrogens (tertiary/aromatic N) is 1. The minimum absolute atomic E-state index is 0.140. The van der Waals surface area contributed by atoms with Crippen molar-refractivity contribution in [1.82, 2.24) is 4.90 Å². The normalized spacial score (nSPS) is 14.0. The zero-order chi connectivity index (χ0) is 18.4. The standard InChI is InChI=1S/C18H23NO6/c1-18(2,3)25-15(20)12-24-11-10-23-9-8-19-16(21)13-6-4-5-7-14(13)17(19)22/h4-7H,8-12H2,1-3H3. The van der Waals surface area contributed by atoms with E-state index >= 15 is 0 Å². The van der Waals surface area contributed by atoms with Gasteiger partial charge in [0, 0.05) is 0 Å². The maximum absolute atomic E-state index is 12.1. The highest BCUT2D eigenvalue weighted by Crippen LogP contribution is 2.21. The molecule has 1 aliphatic rings. The van der Waals surface area contributed by atoms with Gasteiger partial charge in [0.05, 0.1) is 37.5 Å². The molecule has 0 saturated carbocycles. The van der Waals surface area contributed by atoms with E-state index in [4.69, 9.17) is 14.2 Å². The Hall–Kier alpha value is -2.25. The van der Waals surface area contributed by atoms with Gasteiger partial charge in [-0.1, -0.05) is 12.1 Å². The largest absolute Gasteiger partial charge is 0.458 e. The lowest BCUT2D eigenvalue weighted by molar-refractivity contribution is -0.160. The summed E-state index contributed by atoms with van der Waals surface area (Å²) in [6.07, 6.45) is 0. The van der Waals surface area contributed by atoms with Crippen LogP contribution in [-0.2, 0) is 19.0 Å². The van der Waals surface area contributed by atoms with Crippen LogP contribution in [0, 0.1) is 0 Å². The Kier molecular flexibility index (Phi) is 6.27. The molecule has 0 radical (unpaired) electrons. The molecular weight excluding hydrogens is 326 g/mol. The van der Waals surface area contributed by atoms with Crippen LogP contribution >= 0.6 is 0 Å². The van der Waals surface area contributed by atoms with Gasteiger partial charge in [-0.25, -0.2) is 4.79 Å². The third-order valence-electron chi connectivity index (χ3n) is 3.35. The van der Waals surface area contributed by atoms with E-state index in [0.717, 1.165) is 0 Å². The molecule has 7 nitrogen and oxygen atoms in total. The number of imide groups is 1. The summed E-state index contributed by atoms with van der Waals surface area (Å²) in [4.78, 5) is 36.9. The number of carbonyl (C=O) groups is 3. The zero-order valence-electron chi connectivity index (χ0n) is 14.7. The molecule has 1 aromatic carbocycles. The molecule has 0 N–H and O–H groups in total. The number of benzene rings is 1.